The lowest BCUT2D eigenvalue weighted by molar-refractivity contribution is -0.120. The number of amides is 1. The van der Waals surface area contributed by atoms with Crippen LogP contribution in [-0.2, 0) is 4.79 Å². The third kappa shape index (κ3) is 4.07. The highest BCUT2D eigenvalue weighted by atomic mass is 16.2. The number of hydrogen-bond donors (Lipinski definition) is 1. The molecule has 1 aromatic rings. The Morgan fingerprint density at radius 1 is 1.53 bits per heavy atom. The second kappa shape index (κ2) is 5.80. The summed E-state index contributed by atoms with van der Waals surface area (Å²) in [5.74, 6) is 0.483. The topological polar surface area (TPSA) is 81.9 Å². The first-order chi connectivity index (χ1) is 8.02. The molecule has 90 valence electrons. The molecular weight excluding hydrogens is 218 g/mol. The number of rotatable bonds is 4. The van der Waals surface area contributed by atoms with Gasteiger partial charge in [0, 0.05) is 13.1 Å². The maximum absolute atomic E-state index is 11.5. The highest BCUT2D eigenvalue weighted by Crippen LogP contribution is 2.05. The molecule has 17 heavy (non-hydrogen) atoms. The number of aromatic nitrogens is 2. The van der Waals surface area contributed by atoms with Crippen LogP contribution in [0.25, 0.3) is 0 Å². The smallest absolute Gasteiger partial charge is 0.239 e. The molecule has 0 atom stereocenters. The molecule has 6 nitrogen and oxygen atoms in total. The molecule has 0 aliphatic heterocycles. The Bertz CT molecular complexity index is 420. The van der Waals surface area contributed by atoms with Crippen molar-refractivity contribution in [2.45, 2.75) is 19.9 Å². The summed E-state index contributed by atoms with van der Waals surface area (Å²) >= 11 is 0. The number of carbonyl (C=O) groups is 1. The zero-order valence-electron chi connectivity index (χ0n) is 10.1. The van der Waals surface area contributed by atoms with Gasteiger partial charge in [-0.2, -0.15) is 5.26 Å². The lowest BCUT2D eigenvalue weighted by Crippen LogP contribution is -2.38. The molecule has 0 radical (unpaired) electrons. The average molecular weight is 233 g/mol. The van der Waals surface area contributed by atoms with Crippen LogP contribution in [0.15, 0.2) is 12.4 Å². The zero-order chi connectivity index (χ0) is 12.8. The van der Waals surface area contributed by atoms with Crippen molar-refractivity contribution < 1.29 is 4.79 Å². The summed E-state index contributed by atoms with van der Waals surface area (Å²) in [5.41, 5.74) is 0.258. The molecule has 0 bridgehead atoms. The molecule has 0 fully saturated rings. The number of hydrogen-bond acceptors (Lipinski definition) is 5. The van der Waals surface area contributed by atoms with Gasteiger partial charge in [0.05, 0.1) is 18.9 Å². The lowest BCUT2D eigenvalue weighted by Gasteiger charge is -2.18. The van der Waals surface area contributed by atoms with Crippen LogP contribution in [0.1, 0.15) is 19.5 Å². The molecular formula is C11H15N5O. The number of nitrogens with zero attached hydrogens (tertiary/aromatic N) is 4. The molecule has 0 aliphatic rings. The van der Waals surface area contributed by atoms with E-state index in [9.17, 15) is 4.79 Å². The van der Waals surface area contributed by atoms with E-state index in [1.807, 2.05) is 19.9 Å². The lowest BCUT2D eigenvalue weighted by atomic mass is 10.4. The molecule has 0 aromatic carbocycles. The predicted octanol–water partition coefficient (Wildman–Crippen LogP) is 0.309. The second-order valence-electron chi connectivity index (χ2n) is 3.95. The van der Waals surface area contributed by atoms with E-state index in [4.69, 9.17) is 5.26 Å². The van der Waals surface area contributed by atoms with Crippen LogP contribution in [0.4, 0.5) is 5.82 Å². The summed E-state index contributed by atoms with van der Waals surface area (Å²) in [6, 6.07) is 2.00. The number of anilines is 1. The largest absolute Gasteiger partial charge is 0.352 e. The third-order valence-electron chi connectivity index (χ3n) is 1.97. The van der Waals surface area contributed by atoms with Gasteiger partial charge in [-0.05, 0) is 13.8 Å². The summed E-state index contributed by atoms with van der Waals surface area (Å²) in [6.07, 6.45) is 2.85. The SMILES string of the molecule is CC(C)NC(=O)CN(C)c1cnc(C#N)cn1. The molecule has 0 saturated carbocycles. The molecule has 6 heteroatoms. The van der Waals surface area contributed by atoms with Gasteiger partial charge in [0.1, 0.15) is 11.9 Å². The van der Waals surface area contributed by atoms with Gasteiger partial charge < -0.3 is 10.2 Å². The van der Waals surface area contributed by atoms with Crippen LogP contribution in [0.5, 0.6) is 0 Å². The van der Waals surface area contributed by atoms with Crippen molar-refractivity contribution in [3.63, 3.8) is 0 Å². The van der Waals surface area contributed by atoms with Crippen molar-refractivity contribution in [3.05, 3.63) is 18.1 Å². The van der Waals surface area contributed by atoms with E-state index in [0.29, 0.717) is 5.82 Å². The van der Waals surface area contributed by atoms with Crippen LogP contribution in [0.3, 0.4) is 0 Å². The number of nitriles is 1. The fourth-order valence-electron chi connectivity index (χ4n) is 1.24. The van der Waals surface area contributed by atoms with Gasteiger partial charge in [-0.25, -0.2) is 9.97 Å². The monoisotopic (exact) mass is 233 g/mol. The Kier molecular flexibility index (Phi) is 4.40. The molecule has 0 spiro atoms. The van der Waals surface area contributed by atoms with Crippen molar-refractivity contribution in [1.29, 1.82) is 5.26 Å². The Labute approximate surface area is 100 Å². The molecule has 1 N–H and O–H groups in total. The summed E-state index contributed by atoms with van der Waals surface area (Å²) < 4.78 is 0. The molecule has 0 saturated heterocycles. The van der Waals surface area contributed by atoms with Crippen molar-refractivity contribution in [1.82, 2.24) is 15.3 Å². The Hall–Kier alpha value is -2.16. The van der Waals surface area contributed by atoms with Crippen molar-refractivity contribution in [2.75, 3.05) is 18.5 Å². The number of nitrogens with one attached hydrogen (secondary N) is 1. The maximum atomic E-state index is 11.5. The van der Waals surface area contributed by atoms with E-state index < -0.39 is 0 Å². The highest BCUT2D eigenvalue weighted by Gasteiger charge is 2.09. The Balaban J connectivity index is 2.60. The number of likely N-dealkylation sites (N-methyl/N-ethyl adjacent to an activating group) is 1. The molecule has 0 aliphatic carbocycles. The molecule has 1 rings (SSSR count). The summed E-state index contributed by atoms with van der Waals surface area (Å²) in [7, 11) is 1.75. The van der Waals surface area contributed by atoms with Gasteiger partial charge in [0.15, 0.2) is 5.69 Å². The van der Waals surface area contributed by atoms with Gasteiger partial charge in [0.25, 0.3) is 0 Å². The van der Waals surface area contributed by atoms with E-state index in [1.165, 1.54) is 12.4 Å². The fraction of sp³-hybridized carbons (Fsp3) is 0.455. The van der Waals surface area contributed by atoms with Gasteiger partial charge in [-0.15, -0.1) is 0 Å². The van der Waals surface area contributed by atoms with Crippen LogP contribution in [-0.4, -0.2) is 35.5 Å². The van der Waals surface area contributed by atoms with E-state index in [1.54, 1.807) is 11.9 Å². The Morgan fingerprint density at radius 3 is 2.71 bits per heavy atom. The van der Waals surface area contributed by atoms with Gasteiger partial charge in [0.2, 0.25) is 5.91 Å². The first-order valence-corrected chi connectivity index (χ1v) is 5.25. The predicted molar refractivity (Wildman–Crippen MR) is 63.3 cm³/mol. The summed E-state index contributed by atoms with van der Waals surface area (Å²) in [4.78, 5) is 21.1. The first kappa shape index (κ1) is 12.9. The standard InChI is InChI=1S/C11H15N5O/c1-8(2)15-11(17)7-16(3)10-6-13-9(4-12)5-14-10/h5-6,8H,7H2,1-3H3,(H,15,17). The van der Waals surface area contributed by atoms with E-state index in [2.05, 4.69) is 15.3 Å². The van der Waals surface area contributed by atoms with Gasteiger partial charge >= 0.3 is 0 Å². The van der Waals surface area contributed by atoms with E-state index >= 15 is 0 Å². The van der Waals surface area contributed by atoms with Crippen molar-refractivity contribution >= 4 is 11.7 Å². The minimum atomic E-state index is -0.0753. The molecule has 1 aromatic heterocycles. The fourth-order valence-corrected chi connectivity index (χ4v) is 1.24. The summed E-state index contributed by atoms with van der Waals surface area (Å²) in [5, 5.41) is 11.4. The third-order valence-corrected chi connectivity index (χ3v) is 1.97. The zero-order valence-corrected chi connectivity index (χ0v) is 10.1. The summed E-state index contributed by atoms with van der Waals surface area (Å²) in [6.45, 7) is 4.01. The minimum absolute atomic E-state index is 0.0753. The van der Waals surface area contributed by atoms with Crippen LogP contribution in [0, 0.1) is 11.3 Å². The van der Waals surface area contributed by atoms with Crippen LogP contribution >= 0.6 is 0 Å². The van der Waals surface area contributed by atoms with E-state index in [0.717, 1.165) is 0 Å². The second-order valence-corrected chi connectivity index (χ2v) is 3.95. The Morgan fingerprint density at radius 2 is 2.24 bits per heavy atom. The van der Waals surface area contributed by atoms with Crippen molar-refractivity contribution in [2.24, 2.45) is 0 Å². The van der Waals surface area contributed by atoms with E-state index in [-0.39, 0.29) is 24.2 Å². The molecule has 1 amide bonds. The minimum Gasteiger partial charge on any atom is -0.352 e. The van der Waals surface area contributed by atoms with Gasteiger partial charge in [-0.1, -0.05) is 0 Å². The maximum Gasteiger partial charge on any atom is 0.239 e. The van der Waals surface area contributed by atoms with Crippen molar-refractivity contribution in [3.8, 4) is 6.07 Å². The average Bonchev–Trinajstić information content (AvgIpc) is 2.28. The quantitative estimate of drug-likeness (QED) is 0.809. The first-order valence-electron chi connectivity index (χ1n) is 5.25. The number of carbonyl (C=O) groups excluding carboxylic acids is 1. The van der Waals surface area contributed by atoms with Crippen LogP contribution in [0.2, 0.25) is 0 Å². The van der Waals surface area contributed by atoms with Crippen LogP contribution < -0.4 is 10.2 Å². The normalized spacial score (nSPS) is 9.82. The molecule has 0 unspecified atom stereocenters. The highest BCUT2D eigenvalue weighted by molar-refractivity contribution is 5.81. The van der Waals surface area contributed by atoms with Gasteiger partial charge in [-0.3, -0.25) is 4.79 Å². The molecule has 1 heterocycles.